The van der Waals surface area contributed by atoms with Crippen LogP contribution in [0.25, 0.3) is 0 Å². The number of amides is 1. The summed E-state index contributed by atoms with van der Waals surface area (Å²) in [6, 6.07) is 5.61. The Morgan fingerprint density at radius 2 is 2.22 bits per heavy atom. The molecule has 0 saturated carbocycles. The van der Waals surface area contributed by atoms with Crippen molar-refractivity contribution in [3.05, 3.63) is 33.3 Å². The van der Waals surface area contributed by atoms with Gasteiger partial charge in [-0.2, -0.15) is 0 Å². The molecule has 2 rings (SSSR count). The van der Waals surface area contributed by atoms with E-state index < -0.39 is 0 Å². The number of rotatable bonds is 1. The van der Waals surface area contributed by atoms with Gasteiger partial charge in [0.25, 0.3) is 0 Å². The van der Waals surface area contributed by atoms with Gasteiger partial charge in [0, 0.05) is 24.0 Å². The van der Waals surface area contributed by atoms with E-state index in [1.54, 1.807) is 4.90 Å². The molecule has 18 heavy (non-hydrogen) atoms. The van der Waals surface area contributed by atoms with Gasteiger partial charge >= 0.3 is 0 Å². The summed E-state index contributed by atoms with van der Waals surface area (Å²) in [6.45, 7) is 0. The van der Waals surface area contributed by atoms with Crippen LogP contribution in [0.3, 0.4) is 0 Å². The minimum absolute atomic E-state index is 0.0429. The third kappa shape index (κ3) is 2.71. The Morgan fingerprint density at radius 3 is 2.89 bits per heavy atom. The maximum Gasteiger partial charge on any atom is 0.222 e. The molecule has 0 aliphatic carbocycles. The largest absolute Gasteiger partial charge is 0.337 e. The molecular formula is C13H16BrClN2O. The quantitative estimate of drug-likeness (QED) is 0.859. The van der Waals surface area contributed by atoms with Crippen LogP contribution in [0.1, 0.15) is 30.9 Å². The third-order valence-electron chi connectivity index (χ3n) is 3.43. The molecule has 1 aromatic rings. The molecule has 1 aliphatic heterocycles. The molecule has 2 N–H and O–H groups in total. The fourth-order valence-corrected chi connectivity index (χ4v) is 2.87. The standard InChI is InChI=1S/C13H16BrClN2O/c1-17-12(18)4-2-3-11(16)13(17)8-5-6-9(14)10(15)7-8/h5-7,11,13H,2-4,16H2,1H3. The molecule has 1 fully saturated rings. The van der Waals surface area contributed by atoms with Crippen molar-refractivity contribution in [1.29, 1.82) is 0 Å². The first-order chi connectivity index (χ1) is 8.50. The second-order valence-electron chi connectivity index (χ2n) is 4.68. The minimum Gasteiger partial charge on any atom is -0.337 e. The predicted octanol–water partition coefficient (Wildman–Crippen LogP) is 3.11. The lowest BCUT2D eigenvalue weighted by atomic mass is 9.97. The Hall–Kier alpha value is -0.580. The average molecular weight is 332 g/mol. The van der Waals surface area contributed by atoms with E-state index in [4.69, 9.17) is 17.3 Å². The van der Waals surface area contributed by atoms with Gasteiger partial charge in [0.05, 0.1) is 11.1 Å². The summed E-state index contributed by atoms with van der Waals surface area (Å²) in [5.41, 5.74) is 7.20. The first-order valence-corrected chi connectivity index (χ1v) is 7.14. The van der Waals surface area contributed by atoms with Crippen molar-refractivity contribution in [2.75, 3.05) is 7.05 Å². The normalized spacial score (nSPS) is 25.1. The summed E-state index contributed by atoms with van der Waals surface area (Å²) >= 11 is 9.48. The molecular weight excluding hydrogens is 316 g/mol. The van der Waals surface area contributed by atoms with Gasteiger partial charge < -0.3 is 10.6 Å². The van der Waals surface area contributed by atoms with Crippen LogP contribution in [-0.2, 0) is 4.79 Å². The Labute approximate surface area is 120 Å². The molecule has 0 spiro atoms. The van der Waals surface area contributed by atoms with E-state index in [1.165, 1.54) is 0 Å². The number of likely N-dealkylation sites (tertiary alicyclic amines) is 1. The van der Waals surface area contributed by atoms with Crippen LogP contribution in [0.2, 0.25) is 5.02 Å². The Kier molecular flexibility index (Phi) is 4.30. The van der Waals surface area contributed by atoms with Crippen LogP contribution in [0.5, 0.6) is 0 Å². The highest BCUT2D eigenvalue weighted by Gasteiger charge is 2.30. The molecule has 2 atom stereocenters. The lowest BCUT2D eigenvalue weighted by molar-refractivity contribution is -0.131. The first-order valence-electron chi connectivity index (χ1n) is 5.97. The summed E-state index contributed by atoms with van der Waals surface area (Å²) in [5, 5.41) is 0.643. The van der Waals surface area contributed by atoms with Crippen LogP contribution in [0.15, 0.2) is 22.7 Å². The van der Waals surface area contributed by atoms with E-state index in [1.807, 2.05) is 25.2 Å². The number of carbonyl (C=O) groups is 1. The minimum atomic E-state index is -0.0920. The number of halogens is 2. The van der Waals surface area contributed by atoms with E-state index >= 15 is 0 Å². The zero-order chi connectivity index (χ0) is 13.3. The first kappa shape index (κ1) is 13.8. The molecule has 1 aliphatic rings. The van der Waals surface area contributed by atoms with Crippen molar-refractivity contribution in [2.24, 2.45) is 5.73 Å². The van der Waals surface area contributed by atoms with Crippen LogP contribution in [-0.4, -0.2) is 23.9 Å². The number of hydrogen-bond donors (Lipinski definition) is 1. The number of nitrogens with zero attached hydrogens (tertiary/aromatic N) is 1. The van der Waals surface area contributed by atoms with Crippen molar-refractivity contribution in [3.63, 3.8) is 0 Å². The molecule has 2 unspecified atom stereocenters. The van der Waals surface area contributed by atoms with E-state index in [9.17, 15) is 4.79 Å². The fraction of sp³-hybridized carbons (Fsp3) is 0.462. The molecule has 5 heteroatoms. The highest BCUT2D eigenvalue weighted by molar-refractivity contribution is 9.10. The van der Waals surface area contributed by atoms with Gasteiger partial charge in [-0.3, -0.25) is 4.79 Å². The summed E-state index contributed by atoms with van der Waals surface area (Å²) < 4.78 is 0.851. The summed E-state index contributed by atoms with van der Waals surface area (Å²) in [6.07, 6.45) is 2.28. The topological polar surface area (TPSA) is 46.3 Å². The Bertz CT molecular complexity index is 466. The predicted molar refractivity (Wildman–Crippen MR) is 76.5 cm³/mol. The zero-order valence-electron chi connectivity index (χ0n) is 10.2. The number of likely N-dealkylation sites (N-methyl/N-ethyl adjacent to an activating group) is 1. The number of nitrogens with two attached hydrogens (primary N) is 1. The van der Waals surface area contributed by atoms with Crippen LogP contribution < -0.4 is 5.73 Å². The van der Waals surface area contributed by atoms with E-state index in [0.717, 1.165) is 22.9 Å². The molecule has 3 nitrogen and oxygen atoms in total. The van der Waals surface area contributed by atoms with Crippen LogP contribution in [0.4, 0.5) is 0 Å². The van der Waals surface area contributed by atoms with Gasteiger partial charge in [0.15, 0.2) is 0 Å². The van der Waals surface area contributed by atoms with Crippen molar-refractivity contribution >= 4 is 33.4 Å². The van der Waals surface area contributed by atoms with Gasteiger partial charge in [-0.05, 0) is 46.5 Å². The van der Waals surface area contributed by atoms with Crippen molar-refractivity contribution < 1.29 is 4.79 Å². The molecule has 1 heterocycles. The van der Waals surface area contributed by atoms with Gasteiger partial charge in [0.1, 0.15) is 0 Å². The van der Waals surface area contributed by atoms with Gasteiger partial charge in [-0.15, -0.1) is 0 Å². The summed E-state index contributed by atoms with van der Waals surface area (Å²) in [4.78, 5) is 13.7. The van der Waals surface area contributed by atoms with Crippen LogP contribution >= 0.6 is 27.5 Å². The molecule has 1 aromatic carbocycles. The monoisotopic (exact) mass is 330 g/mol. The Balaban J connectivity index is 2.38. The SMILES string of the molecule is CN1C(=O)CCCC(N)C1c1ccc(Br)c(Cl)c1. The maximum atomic E-state index is 11.9. The zero-order valence-corrected chi connectivity index (χ0v) is 12.5. The molecule has 98 valence electrons. The average Bonchev–Trinajstić information content (AvgIpc) is 2.44. The van der Waals surface area contributed by atoms with Gasteiger partial charge in [-0.1, -0.05) is 17.7 Å². The fourth-order valence-electron chi connectivity index (χ4n) is 2.43. The van der Waals surface area contributed by atoms with E-state index in [-0.39, 0.29) is 18.0 Å². The smallest absolute Gasteiger partial charge is 0.222 e. The van der Waals surface area contributed by atoms with Gasteiger partial charge in [0.2, 0.25) is 5.91 Å². The van der Waals surface area contributed by atoms with Crippen molar-refractivity contribution in [3.8, 4) is 0 Å². The highest BCUT2D eigenvalue weighted by Crippen LogP contribution is 2.32. The van der Waals surface area contributed by atoms with Crippen LogP contribution in [0, 0.1) is 0 Å². The molecule has 0 bridgehead atoms. The van der Waals surface area contributed by atoms with E-state index in [2.05, 4.69) is 15.9 Å². The summed E-state index contributed by atoms with van der Waals surface area (Å²) in [7, 11) is 1.81. The highest BCUT2D eigenvalue weighted by atomic mass is 79.9. The number of carbonyl (C=O) groups excluding carboxylic acids is 1. The molecule has 0 radical (unpaired) electrons. The molecule has 0 aromatic heterocycles. The second kappa shape index (κ2) is 5.59. The number of benzene rings is 1. The lowest BCUT2D eigenvalue weighted by Crippen LogP contribution is -2.39. The Morgan fingerprint density at radius 1 is 1.50 bits per heavy atom. The van der Waals surface area contributed by atoms with Crippen molar-refractivity contribution in [2.45, 2.75) is 31.3 Å². The third-order valence-corrected chi connectivity index (χ3v) is 4.66. The number of hydrogen-bond acceptors (Lipinski definition) is 2. The maximum absolute atomic E-state index is 11.9. The van der Waals surface area contributed by atoms with Crippen molar-refractivity contribution in [1.82, 2.24) is 4.90 Å². The lowest BCUT2D eigenvalue weighted by Gasteiger charge is -2.31. The second-order valence-corrected chi connectivity index (χ2v) is 5.94. The van der Waals surface area contributed by atoms with Gasteiger partial charge in [-0.25, -0.2) is 0 Å². The molecule has 1 saturated heterocycles. The molecule has 1 amide bonds. The van der Waals surface area contributed by atoms with E-state index in [0.29, 0.717) is 11.4 Å². The summed E-state index contributed by atoms with van der Waals surface area (Å²) in [5.74, 6) is 0.145.